The average molecular weight is 444 g/mol. The van der Waals surface area contributed by atoms with Crippen molar-refractivity contribution in [3.8, 4) is 17.2 Å². The highest BCUT2D eigenvalue weighted by molar-refractivity contribution is 6.33. The molecule has 30 heavy (non-hydrogen) atoms. The fraction of sp³-hybridized carbons (Fsp3) is 0.0909. The first kappa shape index (κ1) is 20.2. The Kier molecular flexibility index (Phi) is 5.88. The van der Waals surface area contributed by atoms with Crippen LogP contribution in [0.15, 0.2) is 71.1 Å². The number of benzene rings is 3. The van der Waals surface area contributed by atoms with Gasteiger partial charge in [0.1, 0.15) is 17.6 Å². The number of hydrogen-bond donors (Lipinski definition) is 1. The minimum atomic E-state index is -0.582. The molecule has 1 N–H and O–H groups in total. The molecule has 1 aromatic heterocycles. The fourth-order valence-electron chi connectivity index (χ4n) is 2.99. The van der Waals surface area contributed by atoms with Crippen LogP contribution in [0.4, 0.5) is 10.1 Å². The zero-order valence-electron chi connectivity index (χ0n) is 15.8. The number of methoxy groups -OCH3 is 1. The first-order valence-electron chi connectivity index (χ1n) is 8.99. The Hall–Kier alpha value is -3.09. The predicted octanol–water partition coefficient (Wildman–Crippen LogP) is 6.39. The van der Waals surface area contributed by atoms with Crippen molar-refractivity contribution in [1.82, 2.24) is 10.2 Å². The highest BCUT2D eigenvalue weighted by atomic mass is 35.5. The van der Waals surface area contributed by atoms with E-state index in [9.17, 15) is 4.39 Å². The molecule has 0 radical (unpaired) electrons. The van der Waals surface area contributed by atoms with Gasteiger partial charge in [-0.15, -0.1) is 10.2 Å². The number of anilines is 1. The van der Waals surface area contributed by atoms with Crippen LogP contribution in [0.2, 0.25) is 10.0 Å². The number of ether oxygens (including phenoxy) is 1. The van der Waals surface area contributed by atoms with Crippen molar-refractivity contribution in [3.05, 3.63) is 94.0 Å². The minimum absolute atomic E-state index is 0.276. The monoisotopic (exact) mass is 443 g/mol. The van der Waals surface area contributed by atoms with E-state index in [1.165, 1.54) is 12.1 Å². The van der Waals surface area contributed by atoms with Gasteiger partial charge in [-0.2, -0.15) is 0 Å². The Balaban J connectivity index is 1.76. The topological polar surface area (TPSA) is 60.2 Å². The van der Waals surface area contributed by atoms with Crippen molar-refractivity contribution in [1.29, 1.82) is 0 Å². The SMILES string of the molecule is COc1ccc(Cl)cc1NC(c1ccc(F)cc1)c1nnc(-c2ccccc2Cl)o1. The molecule has 0 bridgehead atoms. The summed E-state index contributed by atoms with van der Waals surface area (Å²) in [5, 5.41) is 12.7. The third-order valence-electron chi connectivity index (χ3n) is 4.46. The van der Waals surface area contributed by atoms with E-state index >= 15 is 0 Å². The normalized spacial score (nSPS) is 11.9. The van der Waals surface area contributed by atoms with Crippen molar-refractivity contribution < 1.29 is 13.5 Å². The summed E-state index contributed by atoms with van der Waals surface area (Å²) in [5.41, 5.74) is 1.96. The van der Waals surface area contributed by atoms with Crippen LogP contribution in [0.3, 0.4) is 0 Å². The predicted molar refractivity (Wildman–Crippen MR) is 115 cm³/mol. The lowest BCUT2D eigenvalue weighted by Gasteiger charge is -2.19. The second kappa shape index (κ2) is 8.73. The zero-order chi connectivity index (χ0) is 21.1. The van der Waals surface area contributed by atoms with Gasteiger partial charge in [0.25, 0.3) is 0 Å². The highest BCUT2D eigenvalue weighted by Crippen LogP contribution is 2.35. The zero-order valence-corrected chi connectivity index (χ0v) is 17.3. The van der Waals surface area contributed by atoms with E-state index in [1.807, 2.05) is 12.1 Å². The maximum atomic E-state index is 13.5. The van der Waals surface area contributed by atoms with Gasteiger partial charge in [0.05, 0.1) is 23.4 Å². The van der Waals surface area contributed by atoms with E-state index < -0.39 is 6.04 Å². The Bertz CT molecular complexity index is 1170. The van der Waals surface area contributed by atoms with Gasteiger partial charge in [0, 0.05) is 5.02 Å². The van der Waals surface area contributed by atoms with E-state index in [4.69, 9.17) is 32.4 Å². The summed E-state index contributed by atoms with van der Waals surface area (Å²) in [6.07, 6.45) is 0. The molecule has 0 saturated carbocycles. The van der Waals surface area contributed by atoms with Crippen molar-refractivity contribution in [2.45, 2.75) is 6.04 Å². The Morgan fingerprint density at radius 1 is 1.00 bits per heavy atom. The van der Waals surface area contributed by atoms with Crippen molar-refractivity contribution in [3.63, 3.8) is 0 Å². The lowest BCUT2D eigenvalue weighted by atomic mass is 10.1. The quantitative estimate of drug-likeness (QED) is 0.373. The maximum Gasteiger partial charge on any atom is 0.249 e. The molecule has 0 aliphatic rings. The summed E-state index contributed by atoms with van der Waals surface area (Å²) in [7, 11) is 1.56. The molecule has 1 atom stereocenters. The van der Waals surface area contributed by atoms with Gasteiger partial charge in [-0.3, -0.25) is 0 Å². The van der Waals surface area contributed by atoms with Crippen molar-refractivity contribution in [2.24, 2.45) is 0 Å². The van der Waals surface area contributed by atoms with E-state index in [1.54, 1.807) is 49.6 Å². The summed E-state index contributed by atoms with van der Waals surface area (Å²) < 4.78 is 24.9. The van der Waals surface area contributed by atoms with Crippen LogP contribution in [0, 0.1) is 5.82 Å². The van der Waals surface area contributed by atoms with Crippen molar-refractivity contribution >= 4 is 28.9 Å². The third-order valence-corrected chi connectivity index (χ3v) is 5.02. The van der Waals surface area contributed by atoms with Crippen LogP contribution in [0.25, 0.3) is 11.5 Å². The number of halogens is 3. The molecule has 1 heterocycles. The smallest absolute Gasteiger partial charge is 0.249 e. The lowest BCUT2D eigenvalue weighted by molar-refractivity contribution is 0.415. The number of nitrogens with one attached hydrogen (secondary N) is 1. The lowest BCUT2D eigenvalue weighted by Crippen LogP contribution is -2.13. The molecule has 4 rings (SSSR count). The number of rotatable bonds is 6. The van der Waals surface area contributed by atoms with Crippen LogP contribution in [0.5, 0.6) is 5.75 Å². The second-order valence-corrected chi connectivity index (χ2v) is 7.24. The molecule has 4 aromatic rings. The van der Waals surface area contributed by atoms with Crippen LogP contribution < -0.4 is 10.1 Å². The Morgan fingerprint density at radius 3 is 2.50 bits per heavy atom. The van der Waals surface area contributed by atoms with Crippen molar-refractivity contribution in [2.75, 3.05) is 12.4 Å². The van der Waals surface area contributed by atoms with Gasteiger partial charge in [-0.1, -0.05) is 47.5 Å². The number of aromatic nitrogens is 2. The molecule has 8 heteroatoms. The molecule has 0 amide bonds. The van der Waals surface area contributed by atoms with Gasteiger partial charge >= 0.3 is 0 Å². The molecular weight excluding hydrogens is 428 g/mol. The molecule has 3 aromatic carbocycles. The van der Waals surface area contributed by atoms with Crippen LogP contribution in [0.1, 0.15) is 17.5 Å². The Labute approximate surface area is 182 Å². The summed E-state index contributed by atoms with van der Waals surface area (Å²) in [6.45, 7) is 0. The minimum Gasteiger partial charge on any atom is -0.495 e. The molecule has 152 valence electrons. The van der Waals surface area contributed by atoms with Gasteiger partial charge in [-0.05, 0) is 48.0 Å². The van der Waals surface area contributed by atoms with Gasteiger partial charge in [-0.25, -0.2) is 4.39 Å². The number of nitrogens with zero attached hydrogens (tertiary/aromatic N) is 2. The average Bonchev–Trinajstić information content (AvgIpc) is 3.23. The van der Waals surface area contributed by atoms with Crippen LogP contribution in [-0.4, -0.2) is 17.3 Å². The molecule has 0 saturated heterocycles. The molecule has 5 nitrogen and oxygen atoms in total. The van der Waals surface area contributed by atoms with E-state index in [0.29, 0.717) is 32.6 Å². The Morgan fingerprint density at radius 2 is 1.77 bits per heavy atom. The van der Waals surface area contributed by atoms with Gasteiger partial charge in [0.2, 0.25) is 11.8 Å². The molecule has 0 aliphatic heterocycles. The highest BCUT2D eigenvalue weighted by Gasteiger charge is 2.23. The molecule has 1 unspecified atom stereocenters. The number of hydrogen-bond acceptors (Lipinski definition) is 5. The van der Waals surface area contributed by atoms with Crippen LogP contribution in [-0.2, 0) is 0 Å². The maximum absolute atomic E-state index is 13.5. The first-order chi connectivity index (χ1) is 14.5. The van der Waals surface area contributed by atoms with E-state index in [0.717, 1.165) is 0 Å². The molecule has 0 fully saturated rings. The van der Waals surface area contributed by atoms with E-state index in [-0.39, 0.29) is 17.6 Å². The molecule has 0 aliphatic carbocycles. The summed E-state index contributed by atoms with van der Waals surface area (Å²) >= 11 is 12.4. The second-order valence-electron chi connectivity index (χ2n) is 6.40. The molecular formula is C22H16Cl2FN3O2. The third kappa shape index (κ3) is 4.25. The first-order valence-corrected chi connectivity index (χ1v) is 9.74. The van der Waals surface area contributed by atoms with Gasteiger partial charge < -0.3 is 14.5 Å². The van der Waals surface area contributed by atoms with E-state index in [2.05, 4.69) is 15.5 Å². The largest absolute Gasteiger partial charge is 0.495 e. The standard InChI is InChI=1S/C22H16Cl2FN3O2/c1-29-19-11-8-14(23)12-18(19)26-20(13-6-9-15(25)10-7-13)22-28-27-21(30-22)16-4-2-3-5-17(16)24/h2-12,20,26H,1H3. The molecule has 0 spiro atoms. The van der Waals surface area contributed by atoms with Gasteiger partial charge in [0.15, 0.2) is 0 Å². The summed E-state index contributed by atoms with van der Waals surface area (Å²) in [6, 6.07) is 17.8. The summed E-state index contributed by atoms with van der Waals surface area (Å²) in [4.78, 5) is 0. The summed E-state index contributed by atoms with van der Waals surface area (Å²) in [5.74, 6) is 0.790. The van der Waals surface area contributed by atoms with Crippen LogP contribution >= 0.6 is 23.2 Å². The fourth-order valence-corrected chi connectivity index (χ4v) is 3.37.